The van der Waals surface area contributed by atoms with Crippen molar-refractivity contribution in [2.75, 3.05) is 19.0 Å². The van der Waals surface area contributed by atoms with Gasteiger partial charge in [0.2, 0.25) is 5.91 Å². The van der Waals surface area contributed by atoms with Gasteiger partial charge in [0, 0.05) is 0 Å². The summed E-state index contributed by atoms with van der Waals surface area (Å²) < 4.78 is 5.33. The molecule has 4 N–H and O–H groups in total. The van der Waals surface area contributed by atoms with Crippen molar-refractivity contribution in [2.24, 2.45) is 5.73 Å². The van der Waals surface area contributed by atoms with Crippen molar-refractivity contribution < 1.29 is 14.6 Å². The van der Waals surface area contributed by atoms with Gasteiger partial charge in [-0.25, -0.2) is 0 Å². The van der Waals surface area contributed by atoms with Crippen LogP contribution < -0.4 is 15.8 Å². The minimum absolute atomic E-state index is 0.391. The summed E-state index contributed by atoms with van der Waals surface area (Å²) in [5.74, 6) is 0.202. The number of rotatable bonds is 4. The average molecular weight is 252 g/mol. The van der Waals surface area contributed by atoms with Gasteiger partial charge in [0.05, 0.1) is 19.4 Å². The van der Waals surface area contributed by atoms with Crippen LogP contribution in [0.5, 0.6) is 5.75 Å². The van der Waals surface area contributed by atoms with Gasteiger partial charge in [-0.15, -0.1) is 0 Å². The van der Waals surface area contributed by atoms with E-state index in [0.717, 1.165) is 16.7 Å². The molecule has 0 radical (unpaired) electrons. The molecule has 1 aromatic carbocycles. The van der Waals surface area contributed by atoms with Crippen LogP contribution in [0, 0.1) is 20.8 Å². The van der Waals surface area contributed by atoms with E-state index in [1.165, 1.54) is 0 Å². The van der Waals surface area contributed by atoms with E-state index in [-0.39, 0.29) is 0 Å². The first-order chi connectivity index (χ1) is 8.42. The quantitative estimate of drug-likeness (QED) is 0.742. The first kappa shape index (κ1) is 14.5. The predicted molar refractivity (Wildman–Crippen MR) is 70.9 cm³/mol. The standard InChI is InChI=1S/C13H20N2O3/c1-7-5-8(2)11(12(18-4)9(7)3)15-13(17)10(14)6-16/h5,10,16H,6,14H2,1-4H3,(H,15,17). The highest BCUT2D eigenvalue weighted by Gasteiger charge is 2.18. The Morgan fingerprint density at radius 1 is 1.44 bits per heavy atom. The van der Waals surface area contributed by atoms with Gasteiger partial charge in [0.15, 0.2) is 0 Å². The summed E-state index contributed by atoms with van der Waals surface area (Å²) in [6.45, 7) is 5.40. The molecule has 0 saturated heterocycles. The number of hydrogen-bond acceptors (Lipinski definition) is 4. The summed E-state index contributed by atoms with van der Waals surface area (Å²) in [6, 6.07) is 1.04. The Kier molecular flexibility index (Phi) is 4.69. The van der Waals surface area contributed by atoms with E-state index < -0.39 is 18.6 Å². The molecule has 0 aliphatic rings. The monoisotopic (exact) mass is 252 g/mol. The van der Waals surface area contributed by atoms with Crippen LogP contribution in [-0.4, -0.2) is 30.8 Å². The molecular formula is C13H20N2O3. The van der Waals surface area contributed by atoms with E-state index in [2.05, 4.69) is 5.32 Å². The smallest absolute Gasteiger partial charge is 0.243 e. The Labute approximate surface area is 107 Å². The minimum Gasteiger partial charge on any atom is -0.494 e. The van der Waals surface area contributed by atoms with Gasteiger partial charge in [-0.3, -0.25) is 4.79 Å². The highest BCUT2D eigenvalue weighted by Crippen LogP contribution is 2.34. The van der Waals surface area contributed by atoms with E-state index in [0.29, 0.717) is 11.4 Å². The number of ether oxygens (including phenoxy) is 1. The molecule has 5 heteroatoms. The molecule has 5 nitrogen and oxygen atoms in total. The minimum atomic E-state index is -0.935. The van der Waals surface area contributed by atoms with Gasteiger partial charge in [-0.1, -0.05) is 6.07 Å². The highest BCUT2D eigenvalue weighted by molar-refractivity contribution is 5.97. The second-order valence-corrected chi connectivity index (χ2v) is 4.32. The van der Waals surface area contributed by atoms with Gasteiger partial charge >= 0.3 is 0 Å². The second kappa shape index (κ2) is 5.84. The van der Waals surface area contributed by atoms with Crippen LogP contribution in [-0.2, 0) is 4.79 Å². The maximum absolute atomic E-state index is 11.7. The first-order valence-corrected chi connectivity index (χ1v) is 5.74. The lowest BCUT2D eigenvalue weighted by molar-refractivity contribution is -0.118. The molecule has 0 saturated carbocycles. The molecule has 0 fully saturated rings. The third-order valence-electron chi connectivity index (χ3n) is 2.97. The molecule has 0 aliphatic carbocycles. The van der Waals surface area contributed by atoms with Crippen LogP contribution >= 0.6 is 0 Å². The molecule has 18 heavy (non-hydrogen) atoms. The molecule has 1 unspecified atom stereocenters. The number of aryl methyl sites for hydroxylation is 2. The van der Waals surface area contributed by atoms with Crippen molar-refractivity contribution in [3.8, 4) is 5.75 Å². The molecule has 1 aromatic rings. The second-order valence-electron chi connectivity index (χ2n) is 4.32. The Morgan fingerprint density at radius 3 is 2.56 bits per heavy atom. The number of methoxy groups -OCH3 is 1. The molecule has 1 amide bonds. The van der Waals surface area contributed by atoms with Crippen molar-refractivity contribution in [1.82, 2.24) is 0 Å². The van der Waals surface area contributed by atoms with E-state index in [1.54, 1.807) is 7.11 Å². The summed E-state index contributed by atoms with van der Waals surface area (Å²) in [6.07, 6.45) is 0. The first-order valence-electron chi connectivity index (χ1n) is 5.74. The maximum atomic E-state index is 11.7. The fraction of sp³-hybridized carbons (Fsp3) is 0.462. The number of anilines is 1. The van der Waals surface area contributed by atoms with Crippen LogP contribution in [0.2, 0.25) is 0 Å². The number of nitrogens with two attached hydrogens (primary N) is 1. The van der Waals surface area contributed by atoms with Crippen LogP contribution in [0.4, 0.5) is 5.69 Å². The zero-order valence-corrected chi connectivity index (χ0v) is 11.2. The van der Waals surface area contributed by atoms with Crippen LogP contribution in [0.25, 0.3) is 0 Å². The van der Waals surface area contributed by atoms with Crippen molar-refractivity contribution >= 4 is 11.6 Å². The van der Waals surface area contributed by atoms with Crippen LogP contribution in [0.15, 0.2) is 6.07 Å². The summed E-state index contributed by atoms with van der Waals surface area (Å²) in [4.78, 5) is 11.7. The molecule has 100 valence electrons. The fourth-order valence-electron chi connectivity index (χ4n) is 1.76. The number of aliphatic hydroxyl groups excluding tert-OH is 1. The molecular weight excluding hydrogens is 232 g/mol. The zero-order chi connectivity index (χ0) is 13.9. The average Bonchev–Trinajstić information content (AvgIpc) is 2.35. The molecule has 0 spiro atoms. The van der Waals surface area contributed by atoms with E-state index in [4.69, 9.17) is 15.6 Å². The topological polar surface area (TPSA) is 84.6 Å². The van der Waals surface area contributed by atoms with Gasteiger partial charge in [-0.05, 0) is 37.5 Å². The summed E-state index contributed by atoms with van der Waals surface area (Å²) in [7, 11) is 1.56. The van der Waals surface area contributed by atoms with E-state index in [1.807, 2.05) is 26.8 Å². The van der Waals surface area contributed by atoms with Gasteiger partial charge < -0.3 is 20.9 Å². The number of carbonyl (C=O) groups excluding carboxylic acids is 1. The fourth-order valence-corrected chi connectivity index (χ4v) is 1.76. The van der Waals surface area contributed by atoms with Crippen LogP contribution in [0.3, 0.4) is 0 Å². The Morgan fingerprint density at radius 2 is 2.06 bits per heavy atom. The number of aliphatic hydroxyl groups is 1. The summed E-state index contributed by atoms with van der Waals surface area (Å²) in [5.41, 5.74) is 9.03. The predicted octanol–water partition coefficient (Wildman–Crippen LogP) is 0.879. The van der Waals surface area contributed by atoms with Crippen LogP contribution in [0.1, 0.15) is 16.7 Å². The van der Waals surface area contributed by atoms with Crippen molar-refractivity contribution in [2.45, 2.75) is 26.8 Å². The molecule has 1 rings (SSSR count). The summed E-state index contributed by atoms with van der Waals surface area (Å²) >= 11 is 0. The lowest BCUT2D eigenvalue weighted by atomic mass is 10.0. The number of amides is 1. The van der Waals surface area contributed by atoms with Gasteiger partial charge in [0.25, 0.3) is 0 Å². The Hall–Kier alpha value is -1.59. The molecule has 0 aliphatic heterocycles. The van der Waals surface area contributed by atoms with Gasteiger partial charge in [0.1, 0.15) is 11.8 Å². The van der Waals surface area contributed by atoms with Crippen molar-refractivity contribution in [3.63, 3.8) is 0 Å². The molecule has 1 atom stereocenters. The summed E-state index contributed by atoms with van der Waals surface area (Å²) in [5, 5.41) is 11.6. The Balaban J connectivity index is 3.16. The van der Waals surface area contributed by atoms with Crippen molar-refractivity contribution in [3.05, 3.63) is 22.8 Å². The Bertz CT molecular complexity index is 458. The number of carbonyl (C=O) groups is 1. The molecule has 0 bridgehead atoms. The zero-order valence-electron chi connectivity index (χ0n) is 11.2. The normalized spacial score (nSPS) is 12.1. The number of nitrogens with one attached hydrogen (secondary N) is 1. The third-order valence-corrected chi connectivity index (χ3v) is 2.97. The number of hydrogen-bond donors (Lipinski definition) is 3. The molecule has 0 aromatic heterocycles. The maximum Gasteiger partial charge on any atom is 0.243 e. The number of benzene rings is 1. The third kappa shape index (κ3) is 2.80. The van der Waals surface area contributed by atoms with E-state index >= 15 is 0 Å². The van der Waals surface area contributed by atoms with Crippen molar-refractivity contribution in [1.29, 1.82) is 0 Å². The lowest BCUT2D eigenvalue weighted by Gasteiger charge is -2.18. The lowest BCUT2D eigenvalue weighted by Crippen LogP contribution is -2.38. The van der Waals surface area contributed by atoms with E-state index in [9.17, 15) is 4.79 Å². The molecule has 0 heterocycles. The SMILES string of the molecule is COc1c(C)c(C)cc(C)c1NC(=O)C(N)CO. The van der Waals surface area contributed by atoms with Gasteiger partial charge in [-0.2, -0.15) is 0 Å². The largest absolute Gasteiger partial charge is 0.494 e. The highest BCUT2D eigenvalue weighted by atomic mass is 16.5.